The number of benzene rings is 7. The Morgan fingerprint density at radius 2 is 0.750 bits per heavy atom. The minimum Gasteiger partial charge on any atom is -0.308 e. The molecule has 5 nitrogen and oxygen atoms in total. The van der Waals surface area contributed by atoms with Crippen molar-refractivity contribution in [1.82, 2.24) is 9.97 Å². The molecule has 9 aromatic rings. The van der Waals surface area contributed by atoms with Gasteiger partial charge in [0, 0.05) is 56.6 Å². The summed E-state index contributed by atoms with van der Waals surface area (Å²) in [5, 5.41) is 4.39. The van der Waals surface area contributed by atoms with Crippen molar-refractivity contribution in [2.75, 3.05) is 4.90 Å². The molecule has 2 aliphatic rings. The molecule has 0 spiro atoms. The summed E-state index contributed by atoms with van der Waals surface area (Å²) in [5.41, 5.74) is 11.6. The highest BCUT2D eigenvalue weighted by atomic mass is 31.2. The Labute approximate surface area is 349 Å². The summed E-state index contributed by atoms with van der Waals surface area (Å²) in [6, 6.07) is 61.5. The second-order valence-corrected chi connectivity index (χ2v) is 20.8. The van der Waals surface area contributed by atoms with Crippen molar-refractivity contribution < 1.29 is 9.13 Å². The molecule has 7 aromatic carbocycles. The summed E-state index contributed by atoms with van der Waals surface area (Å²) in [6.07, 6.45) is 7.22. The average Bonchev–Trinajstić information content (AvgIpc) is 3.32. The molecular formula is C53H37N3O2P2. The summed E-state index contributed by atoms with van der Waals surface area (Å²) in [5.74, 6) is 0. The molecule has 0 fully saturated rings. The average molecular weight is 810 g/mol. The van der Waals surface area contributed by atoms with Crippen LogP contribution in [0.5, 0.6) is 0 Å². The third-order valence-corrected chi connectivity index (χ3v) is 18.0. The van der Waals surface area contributed by atoms with E-state index in [1.54, 1.807) is 24.8 Å². The highest BCUT2D eigenvalue weighted by Crippen LogP contribution is 2.61. The van der Waals surface area contributed by atoms with E-state index in [-0.39, 0.29) is 0 Å². The number of rotatable bonds is 6. The molecule has 0 N–H and O–H groups in total. The molecule has 0 saturated heterocycles. The first kappa shape index (κ1) is 36.2. The first-order chi connectivity index (χ1) is 29.4. The van der Waals surface area contributed by atoms with Crippen LogP contribution >= 0.6 is 14.3 Å². The number of hydrogen-bond acceptors (Lipinski definition) is 5. The fraction of sp³-hybridized carbons (Fsp3) is 0.0189. The fourth-order valence-corrected chi connectivity index (χ4v) is 15.4. The van der Waals surface area contributed by atoms with Crippen molar-refractivity contribution in [2.24, 2.45) is 0 Å². The van der Waals surface area contributed by atoms with Gasteiger partial charge in [-0.3, -0.25) is 9.97 Å². The lowest BCUT2D eigenvalue weighted by Gasteiger charge is -2.44. The third kappa shape index (κ3) is 5.62. The van der Waals surface area contributed by atoms with E-state index >= 15 is 9.13 Å². The first-order valence-electron chi connectivity index (χ1n) is 20.0. The van der Waals surface area contributed by atoms with Gasteiger partial charge in [0.1, 0.15) is 0 Å². The van der Waals surface area contributed by atoms with Crippen molar-refractivity contribution in [3.63, 3.8) is 0 Å². The Kier molecular flexibility index (Phi) is 8.53. The van der Waals surface area contributed by atoms with E-state index in [1.165, 1.54) is 0 Å². The Bertz CT molecular complexity index is 3020. The predicted octanol–water partition coefficient (Wildman–Crippen LogP) is 10.8. The molecule has 0 saturated carbocycles. The van der Waals surface area contributed by atoms with E-state index in [2.05, 4.69) is 112 Å². The molecule has 60 heavy (non-hydrogen) atoms. The fourth-order valence-electron chi connectivity index (χ4n) is 9.05. The predicted molar refractivity (Wildman–Crippen MR) is 249 cm³/mol. The van der Waals surface area contributed by atoms with Crippen LogP contribution in [-0.4, -0.2) is 9.97 Å². The molecule has 2 aliphatic heterocycles. The maximum Gasteiger partial charge on any atom is 0.175 e. The number of aryl methyl sites for hydroxylation is 1. The summed E-state index contributed by atoms with van der Waals surface area (Å²) < 4.78 is 33.3. The van der Waals surface area contributed by atoms with E-state index in [0.717, 1.165) is 88.4 Å². The van der Waals surface area contributed by atoms with Gasteiger partial charge in [-0.05, 0) is 130 Å². The summed E-state index contributed by atoms with van der Waals surface area (Å²) in [7, 11) is -7.12. The molecule has 2 unspecified atom stereocenters. The van der Waals surface area contributed by atoms with Crippen LogP contribution in [0.1, 0.15) is 5.56 Å². The van der Waals surface area contributed by atoms with Crippen molar-refractivity contribution in [2.45, 2.75) is 6.92 Å². The highest BCUT2D eigenvalue weighted by Gasteiger charge is 2.50. The van der Waals surface area contributed by atoms with Gasteiger partial charge in [0.2, 0.25) is 0 Å². The van der Waals surface area contributed by atoms with Crippen LogP contribution in [0, 0.1) is 6.92 Å². The minimum atomic E-state index is -3.56. The van der Waals surface area contributed by atoms with Gasteiger partial charge >= 0.3 is 0 Å². The Morgan fingerprint density at radius 1 is 0.367 bits per heavy atom. The molecule has 286 valence electrons. The SMILES string of the molecule is Cc1cc2c3c(c1)P(=O)(c1ccccc1)c1cc(-c4cccc(-c5ccncc5)c4)ccc1N3c1ccc(-c3cccc(-c4ccncc4)c3)cc1P2(=O)c1ccccc1. The second kappa shape index (κ2) is 14.1. The van der Waals surface area contributed by atoms with Crippen molar-refractivity contribution in [1.29, 1.82) is 0 Å². The maximum atomic E-state index is 16.7. The topological polar surface area (TPSA) is 63.2 Å². The van der Waals surface area contributed by atoms with E-state index in [0.29, 0.717) is 10.6 Å². The van der Waals surface area contributed by atoms with Gasteiger partial charge in [-0.25, -0.2) is 0 Å². The molecular weight excluding hydrogens is 773 g/mol. The van der Waals surface area contributed by atoms with Crippen molar-refractivity contribution >= 4 is 63.2 Å². The molecule has 2 atom stereocenters. The van der Waals surface area contributed by atoms with E-state index in [4.69, 9.17) is 0 Å². The van der Waals surface area contributed by atoms with Gasteiger partial charge in [-0.2, -0.15) is 0 Å². The minimum absolute atomic E-state index is 0.704. The standard InChI is InChI=1S/C53H37N3O2P2/c1-36-30-51-53-52(31-36)60(58,46-16-6-3-7-17-46)50-35-44(42-13-9-11-40(33-42)38-24-28-55-29-25-38)19-21-48(50)56(53)47-20-18-43(34-49(47)59(51,57)45-14-4-2-5-15-45)41-12-8-10-39(32-41)37-22-26-54-27-23-37/h2-35H,1H3. The van der Waals surface area contributed by atoms with Crippen LogP contribution in [0.2, 0.25) is 0 Å². The van der Waals surface area contributed by atoms with E-state index in [9.17, 15) is 0 Å². The number of hydrogen-bond donors (Lipinski definition) is 0. The van der Waals surface area contributed by atoms with Crippen LogP contribution in [-0.2, 0) is 9.13 Å². The largest absolute Gasteiger partial charge is 0.308 e. The molecule has 2 aromatic heterocycles. The summed E-state index contributed by atoms with van der Waals surface area (Å²) >= 11 is 0. The highest BCUT2D eigenvalue weighted by molar-refractivity contribution is 7.88. The molecule has 0 bridgehead atoms. The zero-order valence-electron chi connectivity index (χ0n) is 32.7. The lowest BCUT2D eigenvalue weighted by Crippen LogP contribution is -2.46. The molecule has 7 heteroatoms. The van der Waals surface area contributed by atoms with Gasteiger partial charge in [-0.1, -0.05) is 109 Å². The van der Waals surface area contributed by atoms with Crippen LogP contribution in [0.25, 0.3) is 44.5 Å². The van der Waals surface area contributed by atoms with Gasteiger partial charge in [0.15, 0.2) is 14.3 Å². The first-order valence-corrected chi connectivity index (χ1v) is 23.4. The van der Waals surface area contributed by atoms with E-state index < -0.39 is 14.3 Å². The maximum absolute atomic E-state index is 16.7. The monoisotopic (exact) mass is 809 g/mol. The quantitative estimate of drug-likeness (QED) is 0.157. The van der Waals surface area contributed by atoms with Crippen molar-refractivity contribution in [3.05, 3.63) is 212 Å². The Balaban J connectivity index is 1.18. The van der Waals surface area contributed by atoms with Crippen molar-refractivity contribution in [3.8, 4) is 44.5 Å². The van der Waals surface area contributed by atoms with Gasteiger partial charge in [0.25, 0.3) is 0 Å². The molecule has 0 amide bonds. The third-order valence-electron chi connectivity index (χ3n) is 11.9. The van der Waals surface area contributed by atoms with Gasteiger partial charge in [-0.15, -0.1) is 0 Å². The molecule has 0 aliphatic carbocycles. The second-order valence-electron chi connectivity index (χ2n) is 15.4. The number of anilines is 3. The summed E-state index contributed by atoms with van der Waals surface area (Å²) in [6.45, 7) is 2.03. The number of pyridine rings is 2. The zero-order chi connectivity index (χ0) is 40.4. The Hall–Kier alpha value is -6.90. The Morgan fingerprint density at radius 3 is 1.17 bits per heavy atom. The van der Waals surface area contributed by atoms with Crippen LogP contribution in [0.15, 0.2) is 207 Å². The van der Waals surface area contributed by atoms with Gasteiger partial charge in [0.05, 0.1) is 17.1 Å². The summed E-state index contributed by atoms with van der Waals surface area (Å²) in [4.78, 5) is 10.7. The van der Waals surface area contributed by atoms with Crippen LogP contribution < -0.4 is 36.7 Å². The van der Waals surface area contributed by atoms with Crippen LogP contribution in [0.3, 0.4) is 0 Å². The number of nitrogens with zero attached hydrogens (tertiary/aromatic N) is 3. The lowest BCUT2D eigenvalue weighted by atomic mass is 9.98. The number of fused-ring (bicyclic) bond motifs is 4. The number of aromatic nitrogens is 2. The van der Waals surface area contributed by atoms with Crippen LogP contribution in [0.4, 0.5) is 17.1 Å². The molecule has 11 rings (SSSR count). The normalized spacial score (nSPS) is 17.3. The molecule has 4 heterocycles. The van der Waals surface area contributed by atoms with Gasteiger partial charge < -0.3 is 14.0 Å². The molecule has 0 radical (unpaired) electrons. The van der Waals surface area contributed by atoms with E-state index in [1.807, 2.05) is 91.9 Å². The lowest BCUT2D eigenvalue weighted by molar-refractivity contribution is 0.592. The zero-order valence-corrected chi connectivity index (χ0v) is 34.5. The smallest absolute Gasteiger partial charge is 0.175 e.